The summed E-state index contributed by atoms with van der Waals surface area (Å²) in [7, 11) is 0. The number of nitrogens with two attached hydrogens (primary N) is 1. The summed E-state index contributed by atoms with van der Waals surface area (Å²) in [5, 5.41) is 10.2. The molecule has 1 aromatic carbocycles. The highest BCUT2D eigenvalue weighted by atomic mass is 19.1. The molecule has 0 atom stereocenters. The lowest BCUT2D eigenvalue weighted by atomic mass is 10.2. The van der Waals surface area contributed by atoms with Crippen molar-refractivity contribution in [2.24, 2.45) is 5.10 Å². The van der Waals surface area contributed by atoms with Crippen molar-refractivity contribution in [3.8, 4) is 0 Å². The minimum absolute atomic E-state index is 0.121. The highest BCUT2D eigenvalue weighted by Crippen LogP contribution is 2.03. The minimum Gasteiger partial charge on any atom is -0.379 e. The summed E-state index contributed by atoms with van der Waals surface area (Å²) >= 11 is 0. The van der Waals surface area contributed by atoms with E-state index in [1.807, 2.05) is 0 Å². The number of aromatic nitrogens is 2. The fourth-order valence-electron chi connectivity index (χ4n) is 1.12. The predicted molar refractivity (Wildman–Crippen MR) is 60.2 cm³/mol. The van der Waals surface area contributed by atoms with Crippen LogP contribution < -0.4 is 11.2 Å². The number of hydrazone groups is 1. The van der Waals surface area contributed by atoms with Gasteiger partial charge in [0.2, 0.25) is 11.5 Å². The van der Waals surface area contributed by atoms with Crippen LogP contribution in [0, 0.1) is 5.82 Å². The zero-order valence-corrected chi connectivity index (χ0v) is 9.00. The lowest BCUT2D eigenvalue weighted by molar-refractivity contribution is 0.0946. The number of carbonyl (C=O) groups excluding carboxylic acids is 1. The van der Waals surface area contributed by atoms with Gasteiger partial charge in [-0.15, -0.1) is 0 Å². The van der Waals surface area contributed by atoms with Crippen LogP contribution in [0.3, 0.4) is 0 Å². The van der Waals surface area contributed by atoms with E-state index in [1.54, 1.807) is 0 Å². The SMILES string of the molecule is Nc1nonc1C(=O)N/N=C\c1ccc(F)cc1. The van der Waals surface area contributed by atoms with Crippen molar-refractivity contribution in [2.75, 3.05) is 5.73 Å². The number of benzene rings is 1. The van der Waals surface area contributed by atoms with Crippen molar-refractivity contribution < 1.29 is 13.8 Å². The molecule has 92 valence electrons. The van der Waals surface area contributed by atoms with Gasteiger partial charge in [-0.05, 0) is 28.0 Å². The topological polar surface area (TPSA) is 106 Å². The zero-order valence-electron chi connectivity index (χ0n) is 9.00. The first-order valence-corrected chi connectivity index (χ1v) is 4.84. The molecule has 1 amide bonds. The molecule has 0 fully saturated rings. The Balaban J connectivity index is 1.98. The molecular weight excluding hydrogens is 241 g/mol. The standard InChI is InChI=1S/C10H8FN5O2/c11-7-3-1-6(2-4-7)5-13-14-10(17)8-9(12)16-18-15-8/h1-5H,(H2,12,16)(H,14,17)/b13-5-. The van der Waals surface area contributed by atoms with Crippen LogP contribution in [0.5, 0.6) is 0 Å². The highest BCUT2D eigenvalue weighted by molar-refractivity contribution is 5.96. The normalized spacial score (nSPS) is 10.7. The van der Waals surface area contributed by atoms with Crippen LogP contribution in [0.25, 0.3) is 0 Å². The molecule has 18 heavy (non-hydrogen) atoms. The van der Waals surface area contributed by atoms with E-state index >= 15 is 0 Å². The van der Waals surface area contributed by atoms with Crippen molar-refractivity contribution in [3.63, 3.8) is 0 Å². The third-order valence-electron chi connectivity index (χ3n) is 1.98. The smallest absolute Gasteiger partial charge is 0.297 e. The van der Waals surface area contributed by atoms with Gasteiger partial charge in [0.05, 0.1) is 6.21 Å². The van der Waals surface area contributed by atoms with E-state index in [0.29, 0.717) is 5.56 Å². The maximum absolute atomic E-state index is 12.6. The number of anilines is 1. The zero-order chi connectivity index (χ0) is 13.0. The van der Waals surface area contributed by atoms with Crippen molar-refractivity contribution >= 4 is 17.9 Å². The number of halogens is 1. The summed E-state index contributed by atoms with van der Waals surface area (Å²) in [5.74, 6) is -1.12. The van der Waals surface area contributed by atoms with E-state index in [9.17, 15) is 9.18 Å². The lowest BCUT2D eigenvalue weighted by Gasteiger charge is -1.95. The third-order valence-corrected chi connectivity index (χ3v) is 1.98. The Morgan fingerprint density at radius 2 is 2.11 bits per heavy atom. The van der Waals surface area contributed by atoms with E-state index in [-0.39, 0.29) is 17.3 Å². The molecule has 1 heterocycles. The van der Waals surface area contributed by atoms with Gasteiger partial charge in [-0.1, -0.05) is 12.1 Å². The maximum atomic E-state index is 12.6. The van der Waals surface area contributed by atoms with Gasteiger partial charge >= 0.3 is 0 Å². The molecular formula is C10H8FN5O2. The monoisotopic (exact) mass is 249 g/mol. The number of nitrogen functional groups attached to an aromatic ring is 1. The van der Waals surface area contributed by atoms with Gasteiger partial charge < -0.3 is 5.73 Å². The number of nitrogens with zero attached hydrogens (tertiary/aromatic N) is 3. The van der Waals surface area contributed by atoms with Gasteiger partial charge in [-0.3, -0.25) is 4.79 Å². The van der Waals surface area contributed by atoms with Crippen LogP contribution >= 0.6 is 0 Å². The van der Waals surface area contributed by atoms with E-state index < -0.39 is 5.91 Å². The second-order valence-corrected chi connectivity index (χ2v) is 3.25. The fraction of sp³-hybridized carbons (Fsp3) is 0. The first-order valence-electron chi connectivity index (χ1n) is 4.84. The van der Waals surface area contributed by atoms with Gasteiger partial charge in [0, 0.05) is 0 Å². The van der Waals surface area contributed by atoms with Crippen LogP contribution in [-0.2, 0) is 0 Å². The first-order chi connectivity index (χ1) is 8.66. The number of carbonyl (C=O) groups is 1. The first kappa shape index (κ1) is 11.7. The average Bonchev–Trinajstić information content (AvgIpc) is 2.78. The molecule has 1 aromatic heterocycles. The Morgan fingerprint density at radius 3 is 2.72 bits per heavy atom. The van der Waals surface area contributed by atoms with Gasteiger partial charge in [0.25, 0.3) is 5.91 Å². The van der Waals surface area contributed by atoms with Crippen LogP contribution in [0.15, 0.2) is 34.0 Å². The predicted octanol–water partition coefficient (Wildman–Crippen LogP) is 0.555. The quantitative estimate of drug-likeness (QED) is 0.610. The van der Waals surface area contributed by atoms with Crippen LogP contribution in [0.1, 0.15) is 16.1 Å². The summed E-state index contributed by atoms with van der Waals surface area (Å²) in [6.45, 7) is 0. The van der Waals surface area contributed by atoms with Gasteiger partial charge in [-0.25, -0.2) is 14.4 Å². The lowest BCUT2D eigenvalue weighted by Crippen LogP contribution is -2.19. The van der Waals surface area contributed by atoms with E-state index in [4.69, 9.17) is 5.73 Å². The number of hydrogen-bond acceptors (Lipinski definition) is 6. The average molecular weight is 249 g/mol. The van der Waals surface area contributed by atoms with Crippen LogP contribution in [-0.4, -0.2) is 22.4 Å². The maximum Gasteiger partial charge on any atom is 0.297 e. The molecule has 0 aliphatic rings. The third kappa shape index (κ3) is 2.67. The summed E-state index contributed by atoms with van der Waals surface area (Å²) in [4.78, 5) is 11.4. The molecule has 0 aliphatic heterocycles. The number of rotatable bonds is 3. The Morgan fingerprint density at radius 1 is 1.39 bits per heavy atom. The van der Waals surface area contributed by atoms with Crippen molar-refractivity contribution in [3.05, 3.63) is 41.3 Å². The second-order valence-electron chi connectivity index (χ2n) is 3.25. The highest BCUT2D eigenvalue weighted by Gasteiger charge is 2.14. The minimum atomic E-state index is -0.646. The van der Waals surface area contributed by atoms with Crippen LogP contribution in [0.4, 0.5) is 10.2 Å². The van der Waals surface area contributed by atoms with Gasteiger partial charge in [0.1, 0.15) is 5.82 Å². The largest absolute Gasteiger partial charge is 0.379 e. The molecule has 0 saturated carbocycles. The summed E-state index contributed by atoms with van der Waals surface area (Å²) in [6.07, 6.45) is 1.35. The summed E-state index contributed by atoms with van der Waals surface area (Å²) < 4.78 is 16.9. The Kier molecular flexibility index (Phi) is 3.28. The molecule has 0 bridgehead atoms. The van der Waals surface area contributed by atoms with Crippen molar-refractivity contribution in [2.45, 2.75) is 0 Å². The fourth-order valence-corrected chi connectivity index (χ4v) is 1.12. The van der Waals surface area contributed by atoms with E-state index in [2.05, 4.69) is 25.5 Å². The summed E-state index contributed by atoms with van der Waals surface area (Å²) in [5.41, 5.74) is 7.98. The molecule has 2 aromatic rings. The number of nitrogens with one attached hydrogen (secondary N) is 1. The molecule has 0 unspecified atom stereocenters. The summed E-state index contributed by atoms with van der Waals surface area (Å²) in [6, 6.07) is 5.58. The second kappa shape index (κ2) is 5.04. The molecule has 8 heteroatoms. The molecule has 0 radical (unpaired) electrons. The van der Waals surface area contributed by atoms with E-state index in [1.165, 1.54) is 30.5 Å². The van der Waals surface area contributed by atoms with Crippen molar-refractivity contribution in [1.82, 2.24) is 15.7 Å². The number of amides is 1. The molecule has 7 nitrogen and oxygen atoms in total. The molecule has 0 aliphatic carbocycles. The molecule has 0 saturated heterocycles. The molecule has 0 spiro atoms. The Labute approximate surface area is 100 Å². The Hall–Kier alpha value is -2.77. The molecule has 3 N–H and O–H groups in total. The molecule has 2 rings (SSSR count). The number of hydrogen-bond donors (Lipinski definition) is 2. The van der Waals surface area contributed by atoms with E-state index in [0.717, 1.165) is 0 Å². The van der Waals surface area contributed by atoms with Crippen molar-refractivity contribution in [1.29, 1.82) is 0 Å². The van der Waals surface area contributed by atoms with Gasteiger partial charge in [0.15, 0.2) is 0 Å². The Bertz CT molecular complexity index is 578. The van der Waals surface area contributed by atoms with Crippen LogP contribution in [0.2, 0.25) is 0 Å². The van der Waals surface area contributed by atoms with Gasteiger partial charge in [-0.2, -0.15) is 5.10 Å².